The van der Waals surface area contributed by atoms with Crippen LogP contribution in [-0.4, -0.2) is 45.8 Å². The summed E-state index contributed by atoms with van der Waals surface area (Å²) < 4.78 is 10.4. The van der Waals surface area contributed by atoms with Gasteiger partial charge in [-0.1, -0.05) is 30.0 Å². The average molecular weight is 367 g/mol. The molecule has 0 spiro atoms. The molecule has 0 aromatic heterocycles. The number of amides is 1. The lowest BCUT2D eigenvalue weighted by molar-refractivity contribution is -0.140. The third kappa shape index (κ3) is 4.12. The molecule has 0 saturated carbocycles. The molecule has 126 valence electrons. The first kappa shape index (κ1) is 18.0. The van der Waals surface area contributed by atoms with Crippen molar-refractivity contribution in [3.8, 4) is 11.5 Å². The molecule has 0 radical (unpaired) electrons. The molecule has 1 saturated heterocycles. The number of carbonyl (C=O) groups excluding carboxylic acids is 2. The normalized spacial score (nSPS) is 15.8. The molecule has 1 heterocycles. The van der Waals surface area contributed by atoms with E-state index in [0.717, 1.165) is 16.7 Å². The SMILES string of the molecule is COc1cc(/C=C2/SC(=S)N(CC(=O)O)C2=O)ccc1OC(C)=O. The predicted octanol–water partition coefficient (Wildman–Crippen LogP) is 1.91. The lowest BCUT2D eigenvalue weighted by Gasteiger charge is -2.10. The zero-order chi connectivity index (χ0) is 17.9. The van der Waals surface area contributed by atoms with Crippen LogP contribution < -0.4 is 9.47 Å². The molecule has 0 aliphatic carbocycles. The van der Waals surface area contributed by atoms with E-state index in [1.54, 1.807) is 24.3 Å². The fourth-order valence-electron chi connectivity index (χ4n) is 1.94. The molecule has 1 fully saturated rings. The number of hydrogen-bond donors (Lipinski definition) is 1. The van der Waals surface area contributed by atoms with Gasteiger partial charge in [-0.3, -0.25) is 19.3 Å². The van der Waals surface area contributed by atoms with Crippen LogP contribution in [0.15, 0.2) is 23.1 Å². The second kappa shape index (κ2) is 7.45. The van der Waals surface area contributed by atoms with Crippen LogP contribution in [0.5, 0.6) is 11.5 Å². The molecule has 1 amide bonds. The number of benzene rings is 1. The third-order valence-corrected chi connectivity index (χ3v) is 4.28. The van der Waals surface area contributed by atoms with E-state index in [-0.39, 0.29) is 10.1 Å². The maximum atomic E-state index is 12.2. The maximum absolute atomic E-state index is 12.2. The standard InChI is InChI=1S/C15H13NO6S2/c1-8(17)22-10-4-3-9(5-11(10)21-2)6-12-14(20)16(7-13(18)19)15(23)24-12/h3-6H,7H2,1-2H3,(H,18,19)/b12-6+. The Hall–Kier alpha value is -2.39. The predicted molar refractivity (Wildman–Crippen MR) is 91.8 cm³/mol. The van der Waals surface area contributed by atoms with Gasteiger partial charge in [0.1, 0.15) is 10.9 Å². The van der Waals surface area contributed by atoms with Crippen LogP contribution in [0.4, 0.5) is 0 Å². The van der Waals surface area contributed by atoms with Gasteiger partial charge in [0.15, 0.2) is 11.5 Å². The van der Waals surface area contributed by atoms with Crippen LogP contribution >= 0.6 is 24.0 Å². The van der Waals surface area contributed by atoms with E-state index in [1.165, 1.54) is 14.0 Å². The molecule has 0 unspecified atom stereocenters. The van der Waals surface area contributed by atoms with Gasteiger partial charge in [0, 0.05) is 6.92 Å². The number of ether oxygens (including phenoxy) is 2. The first-order chi connectivity index (χ1) is 11.3. The Morgan fingerprint density at radius 2 is 2.08 bits per heavy atom. The Balaban J connectivity index is 2.28. The molecule has 24 heavy (non-hydrogen) atoms. The summed E-state index contributed by atoms with van der Waals surface area (Å²) in [6, 6.07) is 4.79. The number of carbonyl (C=O) groups is 3. The summed E-state index contributed by atoms with van der Waals surface area (Å²) in [7, 11) is 1.43. The van der Waals surface area contributed by atoms with E-state index < -0.39 is 24.4 Å². The third-order valence-electron chi connectivity index (χ3n) is 2.91. The molecule has 1 aromatic carbocycles. The summed E-state index contributed by atoms with van der Waals surface area (Å²) in [5, 5.41) is 8.82. The highest BCUT2D eigenvalue weighted by Crippen LogP contribution is 2.34. The Morgan fingerprint density at radius 3 is 2.67 bits per heavy atom. The van der Waals surface area contributed by atoms with Crippen LogP contribution in [0.25, 0.3) is 6.08 Å². The van der Waals surface area contributed by atoms with Crippen molar-refractivity contribution in [2.45, 2.75) is 6.92 Å². The van der Waals surface area contributed by atoms with Gasteiger partial charge in [-0.2, -0.15) is 0 Å². The van der Waals surface area contributed by atoms with E-state index in [4.69, 9.17) is 26.8 Å². The monoisotopic (exact) mass is 367 g/mol. The van der Waals surface area contributed by atoms with Crippen molar-refractivity contribution in [3.05, 3.63) is 28.7 Å². The van der Waals surface area contributed by atoms with Crippen LogP contribution in [0, 0.1) is 0 Å². The minimum absolute atomic E-state index is 0.192. The molecule has 7 nitrogen and oxygen atoms in total. The summed E-state index contributed by atoms with van der Waals surface area (Å²) in [6.07, 6.45) is 1.57. The molecule has 1 aliphatic heterocycles. The summed E-state index contributed by atoms with van der Waals surface area (Å²) in [5.41, 5.74) is 0.624. The number of carboxylic acids is 1. The van der Waals surface area contributed by atoms with Gasteiger partial charge in [-0.05, 0) is 23.8 Å². The van der Waals surface area contributed by atoms with Gasteiger partial charge >= 0.3 is 11.9 Å². The first-order valence-electron chi connectivity index (χ1n) is 6.65. The van der Waals surface area contributed by atoms with Crippen LogP contribution in [0.2, 0.25) is 0 Å². The molecule has 1 aliphatic rings. The van der Waals surface area contributed by atoms with E-state index in [0.29, 0.717) is 16.2 Å². The van der Waals surface area contributed by atoms with E-state index in [9.17, 15) is 14.4 Å². The fraction of sp³-hybridized carbons (Fsp3) is 0.200. The molecule has 0 atom stereocenters. The molecule has 1 aromatic rings. The highest BCUT2D eigenvalue weighted by molar-refractivity contribution is 8.26. The topological polar surface area (TPSA) is 93.1 Å². The van der Waals surface area contributed by atoms with Gasteiger partial charge in [0.2, 0.25) is 0 Å². The molecule has 1 N–H and O–H groups in total. The van der Waals surface area contributed by atoms with Crippen molar-refractivity contribution in [1.29, 1.82) is 0 Å². The van der Waals surface area contributed by atoms with Gasteiger partial charge in [-0.15, -0.1) is 0 Å². The van der Waals surface area contributed by atoms with Crippen LogP contribution in [-0.2, 0) is 14.4 Å². The Kier molecular flexibility index (Phi) is 5.58. The smallest absolute Gasteiger partial charge is 0.323 e. The van der Waals surface area contributed by atoms with Gasteiger partial charge < -0.3 is 14.6 Å². The van der Waals surface area contributed by atoms with Crippen molar-refractivity contribution < 1.29 is 29.0 Å². The van der Waals surface area contributed by atoms with Crippen molar-refractivity contribution in [2.75, 3.05) is 13.7 Å². The number of esters is 1. The second-order valence-electron chi connectivity index (χ2n) is 4.67. The quantitative estimate of drug-likeness (QED) is 0.365. The van der Waals surface area contributed by atoms with E-state index >= 15 is 0 Å². The van der Waals surface area contributed by atoms with Gasteiger partial charge in [0.05, 0.1) is 12.0 Å². The Bertz CT molecular complexity index is 758. The number of hydrogen-bond acceptors (Lipinski definition) is 7. The van der Waals surface area contributed by atoms with Gasteiger partial charge in [0.25, 0.3) is 5.91 Å². The molecular formula is C15H13NO6S2. The zero-order valence-electron chi connectivity index (χ0n) is 12.8. The van der Waals surface area contributed by atoms with Crippen molar-refractivity contribution in [3.63, 3.8) is 0 Å². The van der Waals surface area contributed by atoms with Crippen molar-refractivity contribution >= 4 is 52.2 Å². The molecular weight excluding hydrogens is 354 g/mol. The first-order valence-corrected chi connectivity index (χ1v) is 7.88. The number of thioether (sulfide) groups is 1. The average Bonchev–Trinajstić information content (AvgIpc) is 2.75. The van der Waals surface area contributed by atoms with E-state index in [2.05, 4.69) is 0 Å². The zero-order valence-corrected chi connectivity index (χ0v) is 14.4. The summed E-state index contributed by atoms with van der Waals surface area (Å²) in [4.78, 5) is 35.4. The fourth-order valence-corrected chi connectivity index (χ4v) is 3.19. The summed E-state index contributed by atoms with van der Waals surface area (Å²) in [5.74, 6) is -1.48. The summed E-state index contributed by atoms with van der Waals surface area (Å²) in [6.45, 7) is 0.803. The van der Waals surface area contributed by atoms with Crippen molar-refractivity contribution in [1.82, 2.24) is 4.90 Å². The Morgan fingerprint density at radius 1 is 1.38 bits per heavy atom. The number of aliphatic carboxylic acids is 1. The number of thiocarbonyl (C=S) groups is 1. The highest BCUT2D eigenvalue weighted by Gasteiger charge is 2.33. The van der Waals surface area contributed by atoms with Crippen molar-refractivity contribution in [2.24, 2.45) is 0 Å². The van der Waals surface area contributed by atoms with Crippen LogP contribution in [0.1, 0.15) is 12.5 Å². The largest absolute Gasteiger partial charge is 0.493 e. The minimum Gasteiger partial charge on any atom is -0.493 e. The molecule has 2 rings (SSSR count). The Labute approximate surface area is 147 Å². The van der Waals surface area contributed by atoms with E-state index in [1.807, 2.05) is 0 Å². The number of carboxylic acid groups (broad SMARTS) is 1. The number of rotatable bonds is 5. The number of methoxy groups -OCH3 is 1. The van der Waals surface area contributed by atoms with Gasteiger partial charge in [-0.25, -0.2) is 0 Å². The van der Waals surface area contributed by atoms with Crippen LogP contribution in [0.3, 0.4) is 0 Å². The number of nitrogens with zero attached hydrogens (tertiary/aromatic N) is 1. The maximum Gasteiger partial charge on any atom is 0.323 e. The molecule has 0 bridgehead atoms. The molecule has 9 heteroatoms. The summed E-state index contributed by atoms with van der Waals surface area (Å²) >= 11 is 6.05. The lowest BCUT2D eigenvalue weighted by atomic mass is 10.2. The second-order valence-corrected chi connectivity index (χ2v) is 6.34. The minimum atomic E-state index is -1.14. The lowest BCUT2D eigenvalue weighted by Crippen LogP contribution is -2.33. The highest BCUT2D eigenvalue weighted by atomic mass is 32.2.